The van der Waals surface area contributed by atoms with Crippen molar-refractivity contribution < 1.29 is 4.79 Å². The maximum absolute atomic E-state index is 11.7. The minimum atomic E-state index is 0.287. The SMILES string of the molecule is NCCCNCCCCN1C(=O)CC1c1ccccc1. The van der Waals surface area contributed by atoms with Crippen LogP contribution in [0.15, 0.2) is 30.3 Å². The molecule has 110 valence electrons. The summed E-state index contributed by atoms with van der Waals surface area (Å²) in [5, 5.41) is 3.37. The number of unbranched alkanes of at least 4 members (excludes halogenated alkanes) is 1. The number of nitrogens with one attached hydrogen (secondary N) is 1. The zero-order valence-electron chi connectivity index (χ0n) is 12.1. The van der Waals surface area contributed by atoms with Crippen LogP contribution in [-0.4, -0.2) is 37.0 Å². The number of carbonyl (C=O) groups is 1. The Balaban J connectivity index is 1.66. The quantitative estimate of drug-likeness (QED) is 0.532. The van der Waals surface area contributed by atoms with Crippen molar-refractivity contribution in [3.05, 3.63) is 35.9 Å². The van der Waals surface area contributed by atoms with Crippen LogP contribution in [-0.2, 0) is 4.79 Å². The Kier molecular flexibility index (Phi) is 6.02. The Hall–Kier alpha value is -1.39. The standard InChI is InChI=1S/C16H25N3O/c17-9-6-11-18-10-4-5-12-19-15(13-16(19)20)14-7-2-1-3-8-14/h1-3,7-8,15,18H,4-6,9-13,17H2. The second-order valence-electron chi connectivity index (χ2n) is 5.32. The molecule has 1 aliphatic heterocycles. The first-order chi connectivity index (χ1) is 9.83. The summed E-state index contributed by atoms with van der Waals surface area (Å²) in [5.74, 6) is 0.287. The van der Waals surface area contributed by atoms with E-state index in [-0.39, 0.29) is 5.91 Å². The van der Waals surface area contributed by atoms with E-state index in [2.05, 4.69) is 17.4 Å². The Bertz CT molecular complexity index is 407. The largest absolute Gasteiger partial charge is 0.335 e. The fraction of sp³-hybridized carbons (Fsp3) is 0.562. The first-order valence-corrected chi connectivity index (χ1v) is 7.58. The van der Waals surface area contributed by atoms with Crippen molar-refractivity contribution in [2.45, 2.75) is 31.7 Å². The van der Waals surface area contributed by atoms with Gasteiger partial charge in [0.1, 0.15) is 0 Å². The normalized spacial score (nSPS) is 18.1. The van der Waals surface area contributed by atoms with E-state index < -0.39 is 0 Å². The summed E-state index contributed by atoms with van der Waals surface area (Å²) in [5.41, 5.74) is 6.69. The number of hydrogen-bond acceptors (Lipinski definition) is 3. The molecule has 1 aromatic rings. The van der Waals surface area contributed by atoms with Crippen molar-refractivity contribution in [1.29, 1.82) is 0 Å². The van der Waals surface area contributed by atoms with Gasteiger partial charge in [-0.3, -0.25) is 4.79 Å². The highest BCUT2D eigenvalue weighted by Gasteiger charge is 2.36. The molecule has 0 radical (unpaired) electrons. The van der Waals surface area contributed by atoms with Crippen molar-refractivity contribution in [2.75, 3.05) is 26.2 Å². The molecule has 4 heteroatoms. The predicted molar refractivity (Wildman–Crippen MR) is 81.3 cm³/mol. The maximum Gasteiger partial charge on any atom is 0.225 e. The average Bonchev–Trinajstić information content (AvgIpc) is 2.48. The van der Waals surface area contributed by atoms with Crippen LogP contribution in [0.5, 0.6) is 0 Å². The van der Waals surface area contributed by atoms with Crippen molar-refractivity contribution in [3.63, 3.8) is 0 Å². The van der Waals surface area contributed by atoms with Crippen LogP contribution in [0.4, 0.5) is 0 Å². The van der Waals surface area contributed by atoms with E-state index in [9.17, 15) is 4.79 Å². The monoisotopic (exact) mass is 275 g/mol. The Morgan fingerprint density at radius 1 is 1.15 bits per heavy atom. The van der Waals surface area contributed by atoms with Crippen LogP contribution in [0.2, 0.25) is 0 Å². The molecule has 2 rings (SSSR count). The molecule has 0 aliphatic carbocycles. The molecule has 4 nitrogen and oxygen atoms in total. The highest BCUT2D eigenvalue weighted by Crippen LogP contribution is 2.34. The van der Waals surface area contributed by atoms with Gasteiger partial charge in [0.2, 0.25) is 5.91 Å². The smallest absolute Gasteiger partial charge is 0.225 e. The molecule has 1 atom stereocenters. The summed E-state index contributed by atoms with van der Waals surface area (Å²) in [6.45, 7) is 3.62. The summed E-state index contributed by atoms with van der Waals surface area (Å²) in [6, 6.07) is 10.6. The highest BCUT2D eigenvalue weighted by atomic mass is 16.2. The van der Waals surface area contributed by atoms with E-state index in [1.54, 1.807) is 0 Å². The van der Waals surface area contributed by atoms with Crippen molar-refractivity contribution in [3.8, 4) is 0 Å². The van der Waals surface area contributed by atoms with E-state index in [0.29, 0.717) is 12.5 Å². The van der Waals surface area contributed by atoms with Crippen LogP contribution >= 0.6 is 0 Å². The molecular weight excluding hydrogens is 250 g/mol. The first-order valence-electron chi connectivity index (χ1n) is 7.58. The first kappa shape index (κ1) is 15.0. The lowest BCUT2D eigenvalue weighted by atomic mass is 9.93. The van der Waals surface area contributed by atoms with Crippen LogP contribution in [0.1, 0.15) is 37.3 Å². The molecule has 0 saturated carbocycles. The lowest BCUT2D eigenvalue weighted by Gasteiger charge is -2.41. The minimum Gasteiger partial charge on any atom is -0.335 e. The van der Waals surface area contributed by atoms with Gasteiger partial charge in [-0.1, -0.05) is 30.3 Å². The zero-order chi connectivity index (χ0) is 14.2. The van der Waals surface area contributed by atoms with Crippen LogP contribution in [0, 0.1) is 0 Å². The average molecular weight is 275 g/mol. The number of rotatable bonds is 9. The van der Waals surface area contributed by atoms with Crippen LogP contribution in [0.25, 0.3) is 0 Å². The Labute approximate surface area is 121 Å². The Morgan fingerprint density at radius 2 is 1.90 bits per heavy atom. The molecule has 1 heterocycles. The van der Waals surface area contributed by atoms with Gasteiger partial charge in [0.25, 0.3) is 0 Å². The number of hydrogen-bond donors (Lipinski definition) is 2. The second-order valence-corrected chi connectivity index (χ2v) is 5.32. The van der Waals surface area contributed by atoms with E-state index in [1.165, 1.54) is 5.56 Å². The van der Waals surface area contributed by atoms with Gasteiger partial charge in [0.05, 0.1) is 12.5 Å². The number of benzene rings is 1. The van der Waals surface area contributed by atoms with Gasteiger partial charge in [-0.15, -0.1) is 0 Å². The number of nitrogens with two attached hydrogens (primary N) is 1. The molecule has 0 aromatic heterocycles. The number of likely N-dealkylation sites (tertiary alicyclic amines) is 1. The third-order valence-corrected chi connectivity index (χ3v) is 3.81. The van der Waals surface area contributed by atoms with Gasteiger partial charge < -0.3 is 16.0 Å². The molecule has 3 N–H and O–H groups in total. The molecule has 1 saturated heterocycles. The predicted octanol–water partition coefficient (Wildman–Crippen LogP) is 1.68. The molecule has 1 aliphatic rings. The number of β-lactam (4-membered cyclic amide) rings is 1. The van der Waals surface area contributed by atoms with Crippen molar-refractivity contribution >= 4 is 5.91 Å². The molecule has 1 aromatic carbocycles. The van der Waals surface area contributed by atoms with E-state index in [4.69, 9.17) is 5.73 Å². The second kappa shape index (κ2) is 8.02. The highest BCUT2D eigenvalue weighted by molar-refractivity contribution is 5.83. The van der Waals surface area contributed by atoms with Gasteiger partial charge >= 0.3 is 0 Å². The minimum absolute atomic E-state index is 0.287. The van der Waals surface area contributed by atoms with Crippen LogP contribution < -0.4 is 11.1 Å². The fourth-order valence-electron chi connectivity index (χ4n) is 2.59. The van der Waals surface area contributed by atoms with Gasteiger partial charge in [-0.25, -0.2) is 0 Å². The third-order valence-electron chi connectivity index (χ3n) is 3.81. The molecular formula is C16H25N3O. The topological polar surface area (TPSA) is 58.4 Å². The van der Waals surface area contributed by atoms with Crippen molar-refractivity contribution in [2.24, 2.45) is 5.73 Å². The van der Waals surface area contributed by atoms with E-state index in [1.807, 2.05) is 23.1 Å². The van der Waals surface area contributed by atoms with Gasteiger partial charge in [0.15, 0.2) is 0 Å². The third kappa shape index (κ3) is 4.05. The Morgan fingerprint density at radius 3 is 2.60 bits per heavy atom. The molecule has 0 spiro atoms. The lowest BCUT2D eigenvalue weighted by molar-refractivity contribution is -0.146. The number of nitrogens with zero attached hydrogens (tertiary/aromatic N) is 1. The molecule has 20 heavy (non-hydrogen) atoms. The van der Waals surface area contributed by atoms with Gasteiger partial charge in [-0.2, -0.15) is 0 Å². The van der Waals surface area contributed by atoms with Crippen LogP contribution in [0.3, 0.4) is 0 Å². The zero-order valence-corrected chi connectivity index (χ0v) is 12.1. The van der Waals surface area contributed by atoms with E-state index >= 15 is 0 Å². The number of amides is 1. The summed E-state index contributed by atoms with van der Waals surface area (Å²) >= 11 is 0. The summed E-state index contributed by atoms with van der Waals surface area (Å²) < 4.78 is 0. The molecule has 1 fully saturated rings. The van der Waals surface area contributed by atoms with Crippen molar-refractivity contribution in [1.82, 2.24) is 10.2 Å². The summed E-state index contributed by atoms with van der Waals surface area (Å²) in [6.07, 6.45) is 3.86. The maximum atomic E-state index is 11.7. The molecule has 1 unspecified atom stereocenters. The van der Waals surface area contributed by atoms with Gasteiger partial charge in [0, 0.05) is 6.54 Å². The lowest BCUT2D eigenvalue weighted by Crippen LogP contribution is -2.46. The fourth-order valence-corrected chi connectivity index (χ4v) is 2.59. The molecule has 0 bridgehead atoms. The van der Waals surface area contributed by atoms with Gasteiger partial charge in [-0.05, 0) is 44.5 Å². The summed E-state index contributed by atoms with van der Waals surface area (Å²) in [4.78, 5) is 13.7. The number of carbonyl (C=O) groups excluding carboxylic acids is 1. The summed E-state index contributed by atoms with van der Waals surface area (Å²) in [7, 11) is 0. The van der Waals surface area contributed by atoms with E-state index in [0.717, 1.165) is 45.4 Å². The molecule has 1 amide bonds.